The molecule has 1 saturated carbocycles. The first-order valence-corrected chi connectivity index (χ1v) is 7.64. The van der Waals surface area contributed by atoms with Gasteiger partial charge < -0.3 is 10.6 Å². The maximum Gasteiger partial charge on any atom is 0.00914 e. The van der Waals surface area contributed by atoms with Crippen molar-refractivity contribution in [2.75, 3.05) is 19.6 Å². The van der Waals surface area contributed by atoms with E-state index >= 15 is 0 Å². The standard InChI is InChI=1S/C15H30N2/c1-13(2)11-15(7-3-4-8-15)12-17-14-5-9-16-10-6-14/h13-14,16-17H,3-12H2,1-2H3. The van der Waals surface area contributed by atoms with Crippen molar-refractivity contribution in [3.63, 3.8) is 0 Å². The van der Waals surface area contributed by atoms with Crippen LogP contribution in [0.3, 0.4) is 0 Å². The first-order chi connectivity index (χ1) is 8.20. The van der Waals surface area contributed by atoms with Gasteiger partial charge in [-0.25, -0.2) is 0 Å². The molecular weight excluding hydrogens is 208 g/mol. The lowest BCUT2D eigenvalue weighted by molar-refractivity contribution is 0.207. The van der Waals surface area contributed by atoms with E-state index in [4.69, 9.17) is 0 Å². The van der Waals surface area contributed by atoms with Gasteiger partial charge in [-0.1, -0.05) is 26.7 Å². The molecule has 1 saturated heterocycles. The third-order valence-electron chi connectivity index (χ3n) is 4.61. The Morgan fingerprint density at radius 1 is 1.18 bits per heavy atom. The largest absolute Gasteiger partial charge is 0.317 e. The summed E-state index contributed by atoms with van der Waals surface area (Å²) >= 11 is 0. The van der Waals surface area contributed by atoms with E-state index in [9.17, 15) is 0 Å². The van der Waals surface area contributed by atoms with Crippen molar-refractivity contribution in [3.8, 4) is 0 Å². The van der Waals surface area contributed by atoms with Crippen LogP contribution in [-0.2, 0) is 0 Å². The van der Waals surface area contributed by atoms with Gasteiger partial charge in [0.15, 0.2) is 0 Å². The van der Waals surface area contributed by atoms with Crippen LogP contribution in [0.1, 0.15) is 58.8 Å². The second-order valence-electron chi connectivity index (χ2n) is 6.71. The lowest BCUT2D eigenvalue weighted by Gasteiger charge is -2.34. The van der Waals surface area contributed by atoms with Crippen LogP contribution < -0.4 is 10.6 Å². The molecule has 0 amide bonds. The third kappa shape index (κ3) is 3.96. The average Bonchev–Trinajstić information content (AvgIpc) is 2.76. The van der Waals surface area contributed by atoms with E-state index in [-0.39, 0.29) is 0 Å². The molecule has 2 heteroatoms. The van der Waals surface area contributed by atoms with Gasteiger partial charge in [0.05, 0.1) is 0 Å². The van der Waals surface area contributed by atoms with Gasteiger partial charge >= 0.3 is 0 Å². The van der Waals surface area contributed by atoms with Crippen LogP contribution in [0, 0.1) is 11.3 Å². The van der Waals surface area contributed by atoms with Crippen LogP contribution in [0.4, 0.5) is 0 Å². The Labute approximate surface area is 107 Å². The molecule has 2 N–H and O–H groups in total. The van der Waals surface area contributed by atoms with Gasteiger partial charge in [-0.3, -0.25) is 0 Å². The maximum atomic E-state index is 3.87. The molecule has 2 nitrogen and oxygen atoms in total. The Kier molecular flexibility index (Phi) is 4.87. The molecule has 17 heavy (non-hydrogen) atoms. The molecule has 0 aromatic rings. The highest BCUT2D eigenvalue weighted by Gasteiger charge is 2.34. The number of hydrogen-bond donors (Lipinski definition) is 2. The SMILES string of the molecule is CC(C)CC1(CNC2CCNCC2)CCCC1. The summed E-state index contributed by atoms with van der Waals surface area (Å²) in [4.78, 5) is 0. The van der Waals surface area contributed by atoms with Crippen molar-refractivity contribution < 1.29 is 0 Å². The summed E-state index contributed by atoms with van der Waals surface area (Å²) in [6, 6.07) is 0.779. The van der Waals surface area contributed by atoms with Gasteiger partial charge in [0.2, 0.25) is 0 Å². The summed E-state index contributed by atoms with van der Waals surface area (Å²) < 4.78 is 0. The van der Waals surface area contributed by atoms with Crippen LogP contribution in [0.25, 0.3) is 0 Å². The zero-order chi connectivity index (χ0) is 12.1. The fourth-order valence-electron chi connectivity index (χ4n) is 3.83. The minimum absolute atomic E-state index is 0.638. The molecule has 0 aromatic carbocycles. The molecule has 100 valence electrons. The zero-order valence-electron chi connectivity index (χ0n) is 11.7. The quantitative estimate of drug-likeness (QED) is 0.769. The molecule has 2 rings (SSSR count). The summed E-state index contributed by atoms with van der Waals surface area (Å²) in [6.07, 6.45) is 9.90. The topological polar surface area (TPSA) is 24.1 Å². The predicted molar refractivity (Wildman–Crippen MR) is 74.3 cm³/mol. The normalized spacial score (nSPS) is 25.6. The fourth-order valence-corrected chi connectivity index (χ4v) is 3.83. The molecule has 2 aliphatic rings. The van der Waals surface area contributed by atoms with Gasteiger partial charge in [-0.05, 0) is 56.5 Å². The van der Waals surface area contributed by atoms with Gasteiger partial charge in [-0.2, -0.15) is 0 Å². The van der Waals surface area contributed by atoms with Crippen LogP contribution in [-0.4, -0.2) is 25.7 Å². The van der Waals surface area contributed by atoms with E-state index < -0.39 is 0 Å². The highest BCUT2D eigenvalue weighted by atomic mass is 15.0. The Balaban J connectivity index is 1.80. The minimum atomic E-state index is 0.638. The molecular formula is C15H30N2. The number of hydrogen-bond acceptors (Lipinski definition) is 2. The number of nitrogens with one attached hydrogen (secondary N) is 2. The zero-order valence-corrected chi connectivity index (χ0v) is 11.7. The average molecular weight is 238 g/mol. The molecule has 1 aliphatic carbocycles. The Morgan fingerprint density at radius 3 is 2.41 bits per heavy atom. The van der Waals surface area contributed by atoms with Gasteiger partial charge in [0.25, 0.3) is 0 Å². The van der Waals surface area contributed by atoms with E-state index in [2.05, 4.69) is 24.5 Å². The van der Waals surface area contributed by atoms with E-state index in [1.807, 2.05) is 0 Å². The Hall–Kier alpha value is -0.0800. The van der Waals surface area contributed by atoms with Gasteiger partial charge in [0.1, 0.15) is 0 Å². The molecule has 0 unspecified atom stereocenters. The predicted octanol–water partition coefficient (Wildman–Crippen LogP) is 2.93. The molecule has 2 fully saturated rings. The summed E-state index contributed by atoms with van der Waals surface area (Å²) in [6.45, 7) is 8.44. The van der Waals surface area contributed by atoms with E-state index in [1.165, 1.54) is 64.6 Å². The van der Waals surface area contributed by atoms with Crippen LogP contribution in [0.15, 0.2) is 0 Å². The van der Waals surface area contributed by atoms with E-state index in [0.29, 0.717) is 5.41 Å². The molecule has 1 aliphatic heterocycles. The highest BCUT2D eigenvalue weighted by molar-refractivity contribution is 4.89. The van der Waals surface area contributed by atoms with Gasteiger partial charge in [0, 0.05) is 12.6 Å². The van der Waals surface area contributed by atoms with Crippen molar-refractivity contribution in [1.29, 1.82) is 0 Å². The van der Waals surface area contributed by atoms with E-state index in [1.54, 1.807) is 0 Å². The first-order valence-electron chi connectivity index (χ1n) is 7.64. The molecule has 0 radical (unpaired) electrons. The smallest absolute Gasteiger partial charge is 0.00914 e. The second kappa shape index (κ2) is 6.19. The molecule has 0 atom stereocenters. The highest BCUT2D eigenvalue weighted by Crippen LogP contribution is 2.42. The molecule has 0 aromatic heterocycles. The fraction of sp³-hybridized carbons (Fsp3) is 1.00. The summed E-state index contributed by atoms with van der Waals surface area (Å²) in [5.74, 6) is 0.850. The Morgan fingerprint density at radius 2 is 1.82 bits per heavy atom. The molecule has 0 spiro atoms. The van der Waals surface area contributed by atoms with Crippen molar-refractivity contribution in [1.82, 2.24) is 10.6 Å². The van der Waals surface area contributed by atoms with Crippen LogP contribution >= 0.6 is 0 Å². The maximum absolute atomic E-state index is 3.87. The van der Waals surface area contributed by atoms with Crippen molar-refractivity contribution in [2.24, 2.45) is 11.3 Å². The lowest BCUT2D eigenvalue weighted by Crippen LogP contribution is -2.44. The van der Waals surface area contributed by atoms with Crippen molar-refractivity contribution in [3.05, 3.63) is 0 Å². The Bertz CT molecular complexity index is 213. The summed E-state index contributed by atoms with van der Waals surface area (Å²) in [5, 5.41) is 7.31. The lowest BCUT2D eigenvalue weighted by atomic mass is 9.78. The third-order valence-corrected chi connectivity index (χ3v) is 4.61. The molecule has 0 bridgehead atoms. The summed E-state index contributed by atoms with van der Waals surface area (Å²) in [7, 11) is 0. The van der Waals surface area contributed by atoms with Crippen LogP contribution in [0.2, 0.25) is 0 Å². The summed E-state index contributed by atoms with van der Waals surface area (Å²) in [5.41, 5.74) is 0.638. The van der Waals surface area contributed by atoms with Crippen molar-refractivity contribution >= 4 is 0 Å². The molecule has 1 heterocycles. The second-order valence-corrected chi connectivity index (χ2v) is 6.71. The van der Waals surface area contributed by atoms with Crippen LogP contribution in [0.5, 0.6) is 0 Å². The van der Waals surface area contributed by atoms with Crippen molar-refractivity contribution in [2.45, 2.75) is 64.8 Å². The number of rotatable bonds is 5. The van der Waals surface area contributed by atoms with Gasteiger partial charge in [-0.15, -0.1) is 0 Å². The minimum Gasteiger partial charge on any atom is -0.317 e. The number of piperidine rings is 1. The monoisotopic (exact) mass is 238 g/mol. The first kappa shape index (κ1) is 13.4. The van der Waals surface area contributed by atoms with E-state index in [0.717, 1.165) is 12.0 Å².